The first-order valence-corrected chi connectivity index (χ1v) is 7.91. The van der Waals surface area contributed by atoms with E-state index < -0.39 is 0 Å². The maximum atomic E-state index is 13.1. The van der Waals surface area contributed by atoms with Gasteiger partial charge < -0.3 is 10.2 Å². The van der Waals surface area contributed by atoms with Crippen LogP contribution in [0.4, 0.5) is 0 Å². The highest BCUT2D eigenvalue weighted by atomic mass is 16.2. The molecule has 0 radical (unpaired) electrons. The van der Waals surface area contributed by atoms with Gasteiger partial charge in [0.2, 0.25) is 5.91 Å². The van der Waals surface area contributed by atoms with E-state index in [1.54, 1.807) is 4.90 Å². The minimum atomic E-state index is -0.0339. The molecule has 0 bridgehead atoms. The first-order valence-electron chi connectivity index (χ1n) is 7.91. The number of carbonyl (C=O) groups excluding carboxylic acids is 2. The largest absolute Gasteiger partial charge is 0.354 e. The first kappa shape index (κ1) is 15.5. The van der Waals surface area contributed by atoms with Crippen molar-refractivity contribution >= 4 is 22.7 Å². The Hall–Kier alpha value is -2.43. The lowest BCUT2D eigenvalue weighted by Crippen LogP contribution is -2.41. The van der Waals surface area contributed by atoms with Gasteiger partial charge in [0.05, 0.1) is 11.1 Å². The van der Waals surface area contributed by atoms with Gasteiger partial charge >= 0.3 is 0 Å². The summed E-state index contributed by atoms with van der Waals surface area (Å²) >= 11 is 0. The molecule has 0 saturated carbocycles. The predicted octanol–water partition coefficient (Wildman–Crippen LogP) is 2.20. The van der Waals surface area contributed by atoms with E-state index in [9.17, 15) is 9.59 Å². The normalized spacial score (nSPS) is 18.7. The van der Waals surface area contributed by atoms with Crippen LogP contribution in [0.5, 0.6) is 0 Å². The maximum Gasteiger partial charge on any atom is 0.254 e. The Morgan fingerprint density at radius 1 is 1.30 bits per heavy atom. The molecule has 1 aliphatic rings. The Kier molecular flexibility index (Phi) is 4.03. The third kappa shape index (κ3) is 3.04. The molecule has 23 heavy (non-hydrogen) atoms. The zero-order valence-electron chi connectivity index (χ0n) is 13.7. The van der Waals surface area contributed by atoms with Crippen molar-refractivity contribution in [1.82, 2.24) is 15.2 Å². The number of benzene rings is 1. The summed E-state index contributed by atoms with van der Waals surface area (Å²) in [6.45, 7) is 6.81. The number of rotatable bonds is 1. The fraction of sp³-hybridized carbons (Fsp3) is 0.389. The maximum absolute atomic E-state index is 13.1. The van der Waals surface area contributed by atoms with Crippen LogP contribution in [0.15, 0.2) is 24.3 Å². The van der Waals surface area contributed by atoms with Crippen LogP contribution in [0.2, 0.25) is 0 Å². The number of aromatic nitrogens is 1. The molecule has 1 atom stereocenters. The number of amides is 2. The number of fused-ring (bicyclic) bond motifs is 1. The molecule has 120 valence electrons. The van der Waals surface area contributed by atoms with Crippen molar-refractivity contribution < 1.29 is 9.59 Å². The fourth-order valence-electron chi connectivity index (χ4n) is 3.01. The molecule has 0 spiro atoms. The molecule has 2 amide bonds. The number of carbonyl (C=O) groups is 2. The zero-order chi connectivity index (χ0) is 16.6. The van der Waals surface area contributed by atoms with E-state index in [1.807, 2.05) is 45.0 Å². The van der Waals surface area contributed by atoms with Gasteiger partial charge in [-0.3, -0.25) is 14.6 Å². The van der Waals surface area contributed by atoms with E-state index in [4.69, 9.17) is 0 Å². The molecule has 1 N–H and O–H groups in total. The van der Waals surface area contributed by atoms with Crippen LogP contribution in [0.3, 0.4) is 0 Å². The van der Waals surface area contributed by atoms with Gasteiger partial charge in [-0.25, -0.2) is 0 Å². The standard InChI is InChI=1S/C18H21N3O2/c1-11-4-5-14-15(9-12(2)20-16(14)8-11)18(23)21-7-6-17(22)19-10-13(21)3/h4-5,8-9,13H,6-7,10H2,1-3H3,(H,19,22). The molecule has 5 nitrogen and oxygen atoms in total. The highest BCUT2D eigenvalue weighted by Crippen LogP contribution is 2.22. The molecule has 3 rings (SSSR count). The summed E-state index contributed by atoms with van der Waals surface area (Å²) in [5, 5.41) is 3.70. The van der Waals surface area contributed by atoms with E-state index in [2.05, 4.69) is 10.3 Å². The summed E-state index contributed by atoms with van der Waals surface area (Å²) < 4.78 is 0. The smallest absolute Gasteiger partial charge is 0.254 e. The minimum absolute atomic E-state index is 0.00135. The number of hydrogen-bond donors (Lipinski definition) is 1. The molecule has 1 fully saturated rings. The molecule has 1 aromatic carbocycles. The number of nitrogens with zero attached hydrogens (tertiary/aromatic N) is 2. The van der Waals surface area contributed by atoms with Gasteiger partial charge in [-0.15, -0.1) is 0 Å². The quantitative estimate of drug-likeness (QED) is 0.878. The third-order valence-electron chi connectivity index (χ3n) is 4.29. The minimum Gasteiger partial charge on any atom is -0.354 e. The van der Waals surface area contributed by atoms with E-state index in [1.165, 1.54) is 0 Å². The first-order chi connectivity index (χ1) is 11.0. The molecular weight excluding hydrogens is 290 g/mol. The van der Waals surface area contributed by atoms with Gasteiger partial charge in [-0.2, -0.15) is 0 Å². The van der Waals surface area contributed by atoms with Gasteiger partial charge in [0.1, 0.15) is 0 Å². The summed E-state index contributed by atoms with van der Waals surface area (Å²) in [4.78, 5) is 31.0. The highest BCUT2D eigenvalue weighted by molar-refractivity contribution is 6.06. The van der Waals surface area contributed by atoms with Crippen LogP contribution in [0.1, 0.15) is 35.0 Å². The number of aryl methyl sites for hydroxylation is 2. The van der Waals surface area contributed by atoms with Crippen LogP contribution < -0.4 is 5.32 Å². The van der Waals surface area contributed by atoms with Crippen molar-refractivity contribution in [3.8, 4) is 0 Å². The van der Waals surface area contributed by atoms with Gasteiger partial charge in [-0.1, -0.05) is 12.1 Å². The summed E-state index contributed by atoms with van der Waals surface area (Å²) in [5.41, 5.74) is 3.44. The van der Waals surface area contributed by atoms with E-state index >= 15 is 0 Å². The van der Waals surface area contributed by atoms with E-state index in [0.717, 1.165) is 22.2 Å². The number of hydrogen-bond acceptors (Lipinski definition) is 3. The van der Waals surface area contributed by atoms with Crippen LogP contribution in [0, 0.1) is 13.8 Å². The average molecular weight is 311 g/mol. The lowest BCUT2D eigenvalue weighted by Gasteiger charge is -2.27. The van der Waals surface area contributed by atoms with Crippen molar-refractivity contribution in [3.63, 3.8) is 0 Å². The lowest BCUT2D eigenvalue weighted by atomic mass is 10.0. The summed E-state index contributed by atoms with van der Waals surface area (Å²) in [5.74, 6) is -0.0353. The van der Waals surface area contributed by atoms with E-state index in [0.29, 0.717) is 25.1 Å². The summed E-state index contributed by atoms with van der Waals surface area (Å²) in [7, 11) is 0. The van der Waals surface area contributed by atoms with Crippen molar-refractivity contribution in [2.75, 3.05) is 13.1 Å². The second-order valence-electron chi connectivity index (χ2n) is 6.23. The van der Waals surface area contributed by atoms with Crippen LogP contribution >= 0.6 is 0 Å². The third-order valence-corrected chi connectivity index (χ3v) is 4.29. The van der Waals surface area contributed by atoms with Crippen molar-refractivity contribution in [3.05, 3.63) is 41.1 Å². The molecule has 5 heteroatoms. The average Bonchev–Trinajstić information content (AvgIpc) is 2.67. The summed E-state index contributed by atoms with van der Waals surface area (Å²) in [6.07, 6.45) is 0.344. The molecule has 1 unspecified atom stereocenters. The SMILES string of the molecule is Cc1ccc2c(C(=O)N3CCC(=O)NCC3C)cc(C)nc2c1. The van der Waals surface area contributed by atoms with E-state index in [-0.39, 0.29) is 17.9 Å². The molecule has 0 aliphatic carbocycles. The van der Waals surface area contributed by atoms with Gasteiger partial charge in [0, 0.05) is 36.6 Å². The van der Waals surface area contributed by atoms with Crippen LogP contribution in [-0.2, 0) is 4.79 Å². The van der Waals surface area contributed by atoms with Crippen LogP contribution in [-0.4, -0.2) is 40.8 Å². The second kappa shape index (κ2) is 5.99. The molecule has 1 saturated heterocycles. The zero-order valence-corrected chi connectivity index (χ0v) is 13.7. The fourth-order valence-corrected chi connectivity index (χ4v) is 3.01. The Labute approximate surface area is 135 Å². The van der Waals surface area contributed by atoms with Crippen LogP contribution in [0.25, 0.3) is 10.9 Å². The predicted molar refractivity (Wildman–Crippen MR) is 89.3 cm³/mol. The molecule has 2 heterocycles. The monoisotopic (exact) mass is 311 g/mol. The van der Waals surface area contributed by atoms with Gasteiger partial charge in [-0.05, 0) is 38.5 Å². The Morgan fingerprint density at radius 3 is 2.87 bits per heavy atom. The topological polar surface area (TPSA) is 62.3 Å². The molecule has 1 aliphatic heterocycles. The second-order valence-corrected chi connectivity index (χ2v) is 6.23. The Balaban J connectivity index is 2.05. The number of pyridine rings is 1. The highest BCUT2D eigenvalue weighted by Gasteiger charge is 2.26. The van der Waals surface area contributed by atoms with Crippen molar-refractivity contribution in [2.45, 2.75) is 33.2 Å². The molecule has 1 aromatic heterocycles. The van der Waals surface area contributed by atoms with Crippen molar-refractivity contribution in [2.24, 2.45) is 0 Å². The van der Waals surface area contributed by atoms with Gasteiger partial charge in [0.25, 0.3) is 5.91 Å². The summed E-state index contributed by atoms with van der Waals surface area (Å²) in [6, 6.07) is 7.76. The lowest BCUT2D eigenvalue weighted by molar-refractivity contribution is -0.120. The number of nitrogens with one attached hydrogen (secondary N) is 1. The molecular formula is C18H21N3O2. The van der Waals surface area contributed by atoms with Crippen molar-refractivity contribution in [1.29, 1.82) is 0 Å². The Bertz CT molecular complexity index is 780. The van der Waals surface area contributed by atoms with Gasteiger partial charge in [0.15, 0.2) is 0 Å². The molecule has 2 aromatic rings. The Morgan fingerprint density at radius 2 is 2.09 bits per heavy atom.